The van der Waals surface area contributed by atoms with Crippen molar-refractivity contribution >= 4 is 23.2 Å². The highest BCUT2D eigenvalue weighted by Gasteiger charge is 2.16. The monoisotopic (exact) mass is 311 g/mol. The number of aryl methyl sites for hydroxylation is 1. The molecule has 0 aliphatic carbocycles. The Balaban J connectivity index is 2.08. The van der Waals surface area contributed by atoms with E-state index in [1.54, 1.807) is 11.6 Å². The molecule has 118 valence electrons. The highest BCUT2D eigenvalue weighted by Crippen LogP contribution is 2.13. The Morgan fingerprint density at radius 1 is 1.13 bits per heavy atom. The molecule has 0 saturated heterocycles. The Morgan fingerprint density at radius 3 is 2.52 bits per heavy atom. The van der Waals surface area contributed by atoms with E-state index >= 15 is 0 Å². The normalized spacial score (nSPS) is 11.6. The van der Waals surface area contributed by atoms with E-state index in [-0.39, 0.29) is 5.95 Å². The van der Waals surface area contributed by atoms with Crippen LogP contribution in [0.25, 0.3) is 17.2 Å². The van der Waals surface area contributed by atoms with Gasteiger partial charge in [-0.1, -0.05) is 42.5 Å². The van der Waals surface area contributed by atoms with E-state index in [0.29, 0.717) is 17.7 Å². The van der Waals surface area contributed by atoms with Gasteiger partial charge in [-0.05, 0) is 5.56 Å². The Morgan fingerprint density at radius 2 is 1.83 bits per heavy atom. The fourth-order valence-corrected chi connectivity index (χ4v) is 2.51. The topological polar surface area (TPSA) is 87.8 Å². The van der Waals surface area contributed by atoms with Crippen molar-refractivity contribution in [2.24, 2.45) is 14.1 Å². The quantitative estimate of drug-likeness (QED) is 0.772. The molecule has 0 aliphatic heterocycles. The van der Waals surface area contributed by atoms with Gasteiger partial charge in [0.15, 0.2) is 11.2 Å². The minimum absolute atomic E-state index is 0.205. The van der Waals surface area contributed by atoms with Crippen LogP contribution in [0.4, 0.5) is 5.95 Å². The highest BCUT2D eigenvalue weighted by molar-refractivity contribution is 5.73. The lowest BCUT2D eigenvalue weighted by molar-refractivity contribution is 0.703. The average Bonchev–Trinajstić information content (AvgIpc) is 2.89. The van der Waals surface area contributed by atoms with Gasteiger partial charge >= 0.3 is 5.69 Å². The van der Waals surface area contributed by atoms with Crippen LogP contribution in [0.5, 0.6) is 0 Å². The summed E-state index contributed by atoms with van der Waals surface area (Å²) < 4.78 is 3.99. The fraction of sp³-hybridized carbons (Fsp3) is 0.188. The highest BCUT2D eigenvalue weighted by atomic mass is 16.2. The number of benzene rings is 1. The summed E-state index contributed by atoms with van der Waals surface area (Å²) in [6, 6.07) is 9.81. The van der Waals surface area contributed by atoms with Gasteiger partial charge in [0.25, 0.3) is 5.56 Å². The maximum absolute atomic E-state index is 12.4. The molecule has 7 heteroatoms. The van der Waals surface area contributed by atoms with Crippen LogP contribution in [0.3, 0.4) is 0 Å². The third-order valence-corrected chi connectivity index (χ3v) is 3.78. The number of hydrogen-bond acceptors (Lipinski definition) is 4. The van der Waals surface area contributed by atoms with Crippen LogP contribution >= 0.6 is 0 Å². The van der Waals surface area contributed by atoms with Gasteiger partial charge < -0.3 is 10.3 Å². The molecule has 23 heavy (non-hydrogen) atoms. The Labute approximate surface area is 131 Å². The van der Waals surface area contributed by atoms with E-state index in [0.717, 1.165) is 10.1 Å². The Bertz CT molecular complexity index is 1010. The molecule has 0 spiro atoms. The standard InChI is InChI=1S/C16H17N5O2/c1-19-13-12(14(22)20(2)16(19)23)21(15(17)18-13)10-6-9-11-7-4-3-5-8-11/h3-9H,10H2,1-2H3,(H2,17,18)/b9-6+. The van der Waals surface area contributed by atoms with Gasteiger partial charge in [0.2, 0.25) is 5.95 Å². The molecule has 2 N–H and O–H groups in total. The first kappa shape index (κ1) is 14.8. The fourth-order valence-electron chi connectivity index (χ4n) is 2.51. The summed E-state index contributed by atoms with van der Waals surface area (Å²) in [6.45, 7) is 0.394. The smallest absolute Gasteiger partial charge is 0.332 e. The van der Waals surface area contributed by atoms with Crippen molar-refractivity contribution in [1.29, 1.82) is 0 Å². The molecule has 0 aliphatic rings. The second-order valence-electron chi connectivity index (χ2n) is 5.27. The van der Waals surface area contributed by atoms with Gasteiger partial charge in [0.05, 0.1) is 0 Å². The minimum Gasteiger partial charge on any atom is -0.369 e. The van der Waals surface area contributed by atoms with Gasteiger partial charge in [0, 0.05) is 20.6 Å². The number of rotatable bonds is 3. The summed E-state index contributed by atoms with van der Waals surface area (Å²) in [7, 11) is 3.01. The maximum Gasteiger partial charge on any atom is 0.332 e. The zero-order valence-corrected chi connectivity index (χ0v) is 12.9. The number of allylic oxidation sites excluding steroid dienone is 1. The van der Waals surface area contributed by atoms with Crippen LogP contribution < -0.4 is 17.0 Å². The molecule has 1 aromatic carbocycles. The summed E-state index contributed by atoms with van der Waals surface area (Å²) in [5.41, 5.74) is 6.77. The minimum atomic E-state index is -0.424. The summed E-state index contributed by atoms with van der Waals surface area (Å²) in [6.07, 6.45) is 3.84. The molecule has 0 bridgehead atoms. The SMILES string of the molecule is Cn1c(=O)c2c(nc(N)n2C/C=C/c2ccccc2)n(C)c1=O. The molecule has 2 heterocycles. The van der Waals surface area contributed by atoms with Crippen molar-refractivity contribution in [2.45, 2.75) is 6.54 Å². The van der Waals surface area contributed by atoms with Gasteiger partial charge in [-0.15, -0.1) is 0 Å². The molecule has 0 unspecified atom stereocenters. The first-order valence-electron chi connectivity index (χ1n) is 7.14. The number of anilines is 1. The zero-order valence-electron chi connectivity index (χ0n) is 12.9. The van der Waals surface area contributed by atoms with E-state index < -0.39 is 11.2 Å². The number of hydrogen-bond donors (Lipinski definition) is 1. The molecule has 2 aromatic heterocycles. The summed E-state index contributed by atoms with van der Waals surface area (Å²) in [5.74, 6) is 0.205. The molecule has 0 fully saturated rings. The van der Waals surface area contributed by atoms with Gasteiger partial charge in [-0.25, -0.2) is 4.79 Å². The van der Waals surface area contributed by atoms with Gasteiger partial charge in [-0.2, -0.15) is 4.98 Å². The van der Waals surface area contributed by atoms with E-state index in [9.17, 15) is 9.59 Å². The number of nitrogens with zero attached hydrogens (tertiary/aromatic N) is 4. The van der Waals surface area contributed by atoms with E-state index in [4.69, 9.17) is 5.73 Å². The van der Waals surface area contributed by atoms with Crippen LogP contribution in [0, 0.1) is 0 Å². The van der Waals surface area contributed by atoms with Crippen LogP contribution in [0.15, 0.2) is 46.0 Å². The van der Waals surface area contributed by atoms with Crippen LogP contribution in [-0.4, -0.2) is 18.7 Å². The van der Waals surface area contributed by atoms with Crippen LogP contribution in [0.1, 0.15) is 5.56 Å². The first-order chi connectivity index (χ1) is 11.0. The lowest BCUT2D eigenvalue weighted by Gasteiger charge is -2.05. The maximum atomic E-state index is 12.4. The molecule has 0 saturated carbocycles. The van der Waals surface area contributed by atoms with Crippen molar-refractivity contribution in [3.8, 4) is 0 Å². The average molecular weight is 311 g/mol. The molecule has 3 rings (SSSR count). The van der Waals surface area contributed by atoms with Crippen molar-refractivity contribution < 1.29 is 0 Å². The third-order valence-electron chi connectivity index (χ3n) is 3.78. The number of nitrogen functional groups attached to an aromatic ring is 1. The molecule has 0 radical (unpaired) electrons. The lowest BCUT2D eigenvalue weighted by atomic mass is 10.2. The number of nitrogens with two attached hydrogens (primary N) is 1. The van der Waals surface area contributed by atoms with E-state index in [1.165, 1.54) is 11.6 Å². The predicted molar refractivity (Wildman–Crippen MR) is 90.1 cm³/mol. The zero-order chi connectivity index (χ0) is 16.6. The van der Waals surface area contributed by atoms with Crippen molar-refractivity contribution in [1.82, 2.24) is 18.7 Å². The number of aromatic nitrogens is 4. The first-order valence-corrected chi connectivity index (χ1v) is 7.14. The summed E-state index contributed by atoms with van der Waals surface area (Å²) in [4.78, 5) is 28.5. The molecule has 7 nitrogen and oxygen atoms in total. The number of fused-ring (bicyclic) bond motifs is 1. The lowest BCUT2D eigenvalue weighted by Crippen LogP contribution is -2.37. The molecule has 0 atom stereocenters. The van der Waals surface area contributed by atoms with Gasteiger partial charge in [-0.3, -0.25) is 13.9 Å². The molecular weight excluding hydrogens is 294 g/mol. The van der Waals surface area contributed by atoms with Crippen molar-refractivity contribution in [3.63, 3.8) is 0 Å². The summed E-state index contributed by atoms with van der Waals surface area (Å²) in [5, 5.41) is 0. The second kappa shape index (κ2) is 5.60. The predicted octanol–water partition coefficient (Wildman–Crippen LogP) is 0.729. The van der Waals surface area contributed by atoms with Crippen LogP contribution in [-0.2, 0) is 20.6 Å². The van der Waals surface area contributed by atoms with E-state index in [1.807, 2.05) is 42.5 Å². The Hall–Kier alpha value is -3.09. The Kier molecular flexibility index (Phi) is 3.61. The van der Waals surface area contributed by atoms with Gasteiger partial charge in [0.1, 0.15) is 0 Å². The van der Waals surface area contributed by atoms with Crippen molar-refractivity contribution in [2.75, 3.05) is 5.73 Å². The van der Waals surface area contributed by atoms with Crippen LogP contribution in [0.2, 0.25) is 0 Å². The molecule has 0 amide bonds. The second-order valence-corrected chi connectivity index (χ2v) is 5.27. The third kappa shape index (κ3) is 2.46. The van der Waals surface area contributed by atoms with Crippen molar-refractivity contribution in [3.05, 3.63) is 62.8 Å². The molecular formula is C16H17N5O2. The summed E-state index contributed by atoms with van der Waals surface area (Å²) >= 11 is 0. The van der Waals surface area contributed by atoms with E-state index in [2.05, 4.69) is 4.98 Å². The largest absolute Gasteiger partial charge is 0.369 e. The molecule has 3 aromatic rings. The number of imidazole rings is 1.